The summed E-state index contributed by atoms with van der Waals surface area (Å²) in [4.78, 5) is 12.2. The predicted molar refractivity (Wildman–Crippen MR) is 86.7 cm³/mol. The van der Waals surface area contributed by atoms with Crippen LogP contribution in [0.3, 0.4) is 0 Å². The molecule has 0 aromatic rings. The predicted octanol–water partition coefficient (Wildman–Crippen LogP) is 2.92. The van der Waals surface area contributed by atoms with Gasteiger partial charge in [-0.15, -0.1) is 0 Å². The van der Waals surface area contributed by atoms with Crippen LogP contribution in [0.15, 0.2) is 0 Å². The van der Waals surface area contributed by atoms with Gasteiger partial charge in [-0.05, 0) is 43.8 Å². The Labute approximate surface area is 132 Å². The summed E-state index contributed by atoms with van der Waals surface area (Å²) in [6, 6.07) is 0.638. The van der Waals surface area contributed by atoms with Gasteiger partial charge in [-0.1, -0.05) is 19.8 Å². The fourth-order valence-corrected chi connectivity index (χ4v) is 4.89. The molecular formula is C16H28N2O2S. The van der Waals surface area contributed by atoms with Gasteiger partial charge in [-0.25, -0.2) is 4.79 Å². The van der Waals surface area contributed by atoms with E-state index in [1.807, 2.05) is 11.8 Å². The molecule has 5 heteroatoms. The van der Waals surface area contributed by atoms with Crippen molar-refractivity contribution >= 4 is 17.8 Å². The first-order chi connectivity index (χ1) is 10.2. The van der Waals surface area contributed by atoms with Gasteiger partial charge in [0.1, 0.15) is 0 Å². The zero-order chi connectivity index (χ0) is 14.7. The van der Waals surface area contributed by atoms with Crippen molar-refractivity contribution in [2.45, 2.75) is 69.6 Å². The number of thioether (sulfide) groups is 1. The highest BCUT2D eigenvalue weighted by Crippen LogP contribution is 2.38. The molecule has 4 nitrogen and oxygen atoms in total. The topological polar surface area (TPSA) is 50.4 Å². The van der Waals surface area contributed by atoms with E-state index >= 15 is 0 Å². The fraction of sp³-hybridized carbons (Fsp3) is 0.938. The summed E-state index contributed by atoms with van der Waals surface area (Å²) in [7, 11) is 0. The Hall–Kier alpha value is -0.420. The van der Waals surface area contributed by atoms with Gasteiger partial charge >= 0.3 is 6.03 Å². The van der Waals surface area contributed by atoms with E-state index in [0.717, 1.165) is 50.4 Å². The van der Waals surface area contributed by atoms with Crippen LogP contribution in [-0.2, 0) is 4.74 Å². The van der Waals surface area contributed by atoms with Crippen molar-refractivity contribution in [1.29, 1.82) is 0 Å². The van der Waals surface area contributed by atoms with Crippen molar-refractivity contribution in [2.24, 2.45) is 5.92 Å². The van der Waals surface area contributed by atoms with Crippen molar-refractivity contribution in [3.8, 4) is 0 Å². The summed E-state index contributed by atoms with van der Waals surface area (Å²) < 4.78 is 6.01. The monoisotopic (exact) mass is 312 g/mol. The van der Waals surface area contributed by atoms with Gasteiger partial charge in [-0.2, -0.15) is 11.8 Å². The number of hydrogen-bond donors (Lipinski definition) is 2. The lowest BCUT2D eigenvalue weighted by Gasteiger charge is -2.38. The first-order valence-corrected chi connectivity index (χ1v) is 9.63. The number of carbonyl (C=O) groups is 1. The van der Waals surface area contributed by atoms with Gasteiger partial charge in [0.15, 0.2) is 0 Å². The average molecular weight is 312 g/mol. The van der Waals surface area contributed by atoms with Gasteiger partial charge < -0.3 is 15.4 Å². The molecule has 3 fully saturated rings. The Bertz CT molecular complexity index is 367. The number of rotatable bonds is 5. The zero-order valence-corrected chi connectivity index (χ0v) is 13.8. The van der Waals surface area contributed by atoms with Crippen molar-refractivity contribution in [3.05, 3.63) is 0 Å². The number of ether oxygens (including phenoxy) is 1. The van der Waals surface area contributed by atoms with Gasteiger partial charge in [0.05, 0.1) is 5.60 Å². The molecule has 2 saturated heterocycles. The number of nitrogens with one attached hydrogen (secondary N) is 2. The molecule has 0 aromatic carbocycles. The minimum absolute atomic E-state index is 0.0233. The number of urea groups is 1. The Morgan fingerprint density at radius 2 is 2.29 bits per heavy atom. The molecule has 0 bridgehead atoms. The van der Waals surface area contributed by atoms with Crippen molar-refractivity contribution < 1.29 is 9.53 Å². The van der Waals surface area contributed by atoms with Crippen LogP contribution in [0.4, 0.5) is 4.79 Å². The molecule has 3 rings (SSSR count). The normalized spacial score (nSPS) is 33.9. The maximum Gasteiger partial charge on any atom is 0.315 e. The lowest BCUT2D eigenvalue weighted by molar-refractivity contribution is -0.0684. The van der Waals surface area contributed by atoms with E-state index in [2.05, 4.69) is 17.6 Å². The van der Waals surface area contributed by atoms with E-state index < -0.39 is 0 Å². The van der Waals surface area contributed by atoms with E-state index in [1.54, 1.807) is 0 Å². The van der Waals surface area contributed by atoms with Crippen molar-refractivity contribution in [2.75, 3.05) is 18.1 Å². The van der Waals surface area contributed by atoms with E-state index in [0.29, 0.717) is 6.04 Å². The van der Waals surface area contributed by atoms with Crippen LogP contribution in [0.2, 0.25) is 0 Å². The molecule has 2 heterocycles. The maximum atomic E-state index is 12.2. The summed E-state index contributed by atoms with van der Waals surface area (Å²) in [5.41, 5.74) is 0.0407. The summed E-state index contributed by atoms with van der Waals surface area (Å²) in [6.45, 7) is 2.94. The quantitative estimate of drug-likeness (QED) is 0.820. The zero-order valence-electron chi connectivity index (χ0n) is 13.0. The molecular weight excluding hydrogens is 284 g/mol. The first kappa shape index (κ1) is 15.5. The number of amides is 2. The van der Waals surface area contributed by atoms with Crippen LogP contribution in [0.1, 0.15) is 51.9 Å². The highest BCUT2D eigenvalue weighted by atomic mass is 32.2. The Balaban J connectivity index is 1.45. The SMILES string of the molecule is CCC(CC1CC1)NC(=O)NC1CCOC2(CCSC2)C1. The summed E-state index contributed by atoms with van der Waals surface area (Å²) >= 11 is 1.98. The molecule has 2 aliphatic heterocycles. The van der Waals surface area contributed by atoms with E-state index in [4.69, 9.17) is 4.74 Å². The van der Waals surface area contributed by atoms with Crippen LogP contribution < -0.4 is 10.6 Å². The standard InChI is InChI=1S/C16H28N2O2S/c1-2-13(9-12-3-4-12)17-15(19)18-14-5-7-20-16(10-14)6-8-21-11-16/h12-14H,2-11H2,1H3,(H2,17,18,19). The van der Waals surface area contributed by atoms with Crippen LogP contribution in [-0.4, -0.2) is 41.8 Å². The minimum Gasteiger partial charge on any atom is -0.374 e. The highest BCUT2D eigenvalue weighted by Gasteiger charge is 2.40. The van der Waals surface area contributed by atoms with Crippen molar-refractivity contribution in [3.63, 3.8) is 0 Å². The maximum absolute atomic E-state index is 12.2. The first-order valence-electron chi connectivity index (χ1n) is 8.48. The second-order valence-corrected chi connectivity index (χ2v) is 8.03. The Morgan fingerprint density at radius 1 is 1.43 bits per heavy atom. The van der Waals surface area contributed by atoms with Gasteiger partial charge in [0.2, 0.25) is 0 Å². The molecule has 1 saturated carbocycles. The lowest BCUT2D eigenvalue weighted by atomic mass is 9.90. The molecule has 3 unspecified atom stereocenters. The van der Waals surface area contributed by atoms with E-state index in [9.17, 15) is 4.79 Å². The molecule has 0 radical (unpaired) electrons. The molecule has 2 amide bonds. The van der Waals surface area contributed by atoms with E-state index in [-0.39, 0.29) is 17.7 Å². The number of hydrogen-bond acceptors (Lipinski definition) is 3. The van der Waals surface area contributed by atoms with Gasteiger partial charge in [0, 0.05) is 24.4 Å². The summed E-state index contributed by atoms with van der Waals surface area (Å²) in [6.07, 6.45) is 7.93. The van der Waals surface area contributed by atoms with E-state index in [1.165, 1.54) is 18.6 Å². The molecule has 3 aliphatic rings. The van der Waals surface area contributed by atoms with Gasteiger partial charge in [-0.3, -0.25) is 0 Å². The second-order valence-electron chi connectivity index (χ2n) is 6.93. The largest absolute Gasteiger partial charge is 0.374 e. The van der Waals surface area contributed by atoms with Crippen molar-refractivity contribution in [1.82, 2.24) is 10.6 Å². The van der Waals surface area contributed by atoms with Crippen LogP contribution in [0, 0.1) is 5.92 Å². The number of carbonyl (C=O) groups excluding carboxylic acids is 1. The third kappa shape index (κ3) is 4.28. The summed E-state index contributed by atoms with van der Waals surface area (Å²) in [5, 5.41) is 6.36. The molecule has 1 spiro atoms. The van der Waals surface area contributed by atoms with Crippen LogP contribution in [0.25, 0.3) is 0 Å². The fourth-order valence-electron chi connectivity index (χ4n) is 3.51. The Morgan fingerprint density at radius 3 is 2.95 bits per heavy atom. The van der Waals surface area contributed by atoms with Crippen LogP contribution >= 0.6 is 11.8 Å². The lowest BCUT2D eigenvalue weighted by Crippen LogP contribution is -2.52. The second kappa shape index (κ2) is 6.78. The molecule has 0 aromatic heterocycles. The molecule has 3 atom stereocenters. The third-order valence-corrected chi connectivity index (χ3v) is 6.26. The Kier molecular flexibility index (Phi) is 4.99. The average Bonchev–Trinajstić information content (AvgIpc) is 3.18. The van der Waals surface area contributed by atoms with Gasteiger partial charge in [0.25, 0.3) is 0 Å². The smallest absolute Gasteiger partial charge is 0.315 e. The molecule has 1 aliphatic carbocycles. The molecule has 2 N–H and O–H groups in total. The molecule has 21 heavy (non-hydrogen) atoms. The molecule has 120 valence electrons. The summed E-state index contributed by atoms with van der Waals surface area (Å²) in [5.74, 6) is 3.14. The minimum atomic E-state index is 0.0233. The van der Waals surface area contributed by atoms with Crippen LogP contribution in [0.5, 0.6) is 0 Å². The third-order valence-electron chi connectivity index (χ3n) is 5.04. The highest BCUT2D eigenvalue weighted by molar-refractivity contribution is 7.99.